The normalized spacial score (nSPS) is 12.1. The third-order valence-corrected chi connectivity index (χ3v) is 2.56. The molecule has 0 saturated heterocycles. The van der Waals surface area contributed by atoms with E-state index in [1.54, 1.807) is 0 Å². The maximum Gasteiger partial charge on any atom is 0.0628 e. The molecule has 1 rings (SSSR count). The van der Waals surface area contributed by atoms with Crippen molar-refractivity contribution in [3.05, 3.63) is 17.0 Å². The zero-order valence-electron chi connectivity index (χ0n) is 9.68. The molecule has 0 aromatic carbocycles. The Kier molecular flexibility index (Phi) is 3.35. The third-order valence-electron chi connectivity index (χ3n) is 2.56. The highest BCUT2D eigenvalue weighted by Crippen LogP contribution is 2.16. The lowest BCUT2D eigenvalue weighted by Gasteiger charge is -2.04. The summed E-state index contributed by atoms with van der Waals surface area (Å²) in [5, 5.41) is 4.39. The van der Waals surface area contributed by atoms with Gasteiger partial charge in [-0.15, -0.1) is 11.8 Å². The highest BCUT2D eigenvalue weighted by Gasteiger charge is 2.11. The number of nitrogens with zero attached hydrogens (tertiary/aromatic N) is 2. The van der Waals surface area contributed by atoms with Crippen molar-refractivity contribution in [2.45, 2.75) is 34.1 Å². The largest absolute Gasteiger partial charge is 0.272 e. The maximum absolute atomic E-state index is 4.39. The SMILES string of the molecule is CC#CC(C)Cc1c(C)nn(C)c1C. The van der Waals surface area contributed by atoms with Crippen LogP contribution in [0.3, 0.4) is 0 Å². The van der Waals surface area contributed by atoms with E-state index in [1.165, 1.54) is 11.3 Å². The van der Waals surface area contributed by atoms with Gasteiger partial charge in [-0.05, 0) is 32.8 Å². The molecule has 14 heavy (non-hydrogen) atoms. The molecule has 0 bridgehead atoms. The summed E-state index contributed by atoms with van der Waals surface area (Å²) in [5.74, 6) is 6.54. The van der Waals surface area contributed by atoms with E-state index in [0.29, 0.717) is 5.92 Å². The van der Waals surface area contributed by atoms with E-state index in [-0.39, 0.29) is 0 Å². The van der Waals surface area contributed by atoms with Crippen LogP contribution in [0, 0.1) is 31.6 Å². The van der Waals surface area contributed by atoms with Gasteiger partial charge in [0.2, 0.25) is 0 Å². The van der Waals surface area contributed by atoms with Crippen LogP contribution in [0.4, 0.5) is 0 Å². The third kappa shape index (κ3) is 2.17. The van der Waals surface area contributed by atoms with Gasteiger partial charge in [-0.2, -0.15) is 5.10 Å². The summed E-state index contributed by atoms with van der Waals surface area (Å²) in [6.45, 7) is 8.22. The Morgan fingerprint density at radius 2 is 2.07 bits per heavy atom. The summed E-state index contributed by atoms with van der Waals surface area (Å²) in [6.07, 6.45) is 1.01. The van der Waals surface area contributed by atoms with Crippen LogP contribution >= 0.6 is 0 Å². The molecule has 76 valence electrons. The summed E-state index contributed by atoms with van der Waals surface area (Å²) in [4.78, 5) is 0. The Morgan fingerprint density at radius 3 is 2.50 bits per heavy atom. The molecule has 1 aromatic heterocycles. The second-order valence-corrected chi connectivity index (χ2v) is 3.77. The van der Waals surface area contributed by atoms with Crippen LogP contribution in [0.15, 0.2) is 0 Å². The summed E-state index contributed by atoms with van der Waals surface area (Å²) in [6, 6.07) is 0. The second kappa shape index (κ2) is 4.32. The Labute approximate surface area is 86.3 Å². The zero-order chi connectivity index (χ0) is 10.7. The van der Waals surface area contributed by atoms with Gasteiger partial charge in [-0.3, -0.25) is 4.68 Å². The van der Waals surface area contributed by atoms with E-state index < -0.39 is 0 Å². The molecular weight excluding hydrogens is 172 g/mol. The van der Waals surface area contributed by atoms with Gasteiger partial charge in [-0.1, -0.05) is 6.92 Å². The van der Waals surface area contributed by atoms with Crippen molar-refractivity contribution >= 4 is 0 Å². The van der Waals surface area contributed by atoms with Gasteiger partial charge in [0.05, 0.1) is 5.69 Å². The van der Waals surface area contributed by atoms with Crippen LogP contribution in [-0.2, 0) is 13.5 Å². The summed E-state index contributed by atoms with van der Waals surface area (Å²) in [5.41, 5.74) is 3.74. The fourth-order valence-corrected chi connectivity index (χ4v) is 1.72. The Morgan fingerprint density at radius 1 is 1.43 bits per heavy atom. The zero-order valence-corrected chi connectivity index (χ0v) is 9.68. The summed E-state index contributed by atoms with van der Waals surface area (Å²) >= 11 is 0. The van der Waals surface area contributed by atoms with E-state index in [0.717, 1.165) is 12.1 Å². The first-order chi connectivity index (χ1) is 6.56. The van der Waals surface area contributed by atoms with Crippen molar-refractivity contribution in [2.75, 3.05) is 0 Å². The van der Waals surface area contributed by atoms with Crippen LogP contribution in [0.5, 0.6) is 0 Å². The first-order valence-corrected chi connectivity index (χ1v) is 4.97. The van der Waals surface area contributed by atoms with Crippen LogP contribution in [0.2, 0.25) is 0 Å². The minimum absolute atomic E-state index is 0.418. The lowest BCUT2D eigenvalue weighted by atomic mass is 10.0. The molecule has 0 saturated carbocycles. The minimum Gasteiger partial charge on any atom is -0.272 e. The summed E-state index contributed by atoms with van der Waals surface area (Å²) < 4.78 is 1.94. The van der Waals surface area contributed by atoms with E-state index >= 15 is 0 Å². The highest BCUT2D eigenvalue weighted by molar-refractivity contribution is 5.26. The molecule has 0 aliphatic rings. The first-order valence-electron chi connectivity index (χ1n) is 4.97. The van der Waals surface area contributed by atoms with Crippen LogP contribution in [0.25, 0.3) is 0 Å². The fraction of sp³-hybridized carbons (Fsp3) is 0.583. The topological polar surface area (TPSA) is 17.8 Å². The van der Waals surface area contributed by atoms with Crippen molar-refractivity contribution < 1.29 is 0 Å². The van der Waals surface area contributed by atoms with Crippen LogP contribution in [0.1, 0.15) is 30.8 Å². The Balaban J connectivity index is 2.89. The van der Waals surface area contributed by atoms with Crippen LogP contribution in [-0.4, -0.2) is 9.78 Å². The van der Waals surface area contributed by atoms with Gasteiger partial charge in [0.15, 0.2) is 0 Å². The molecule has 0 spiro atoms. The molecule has 2 nitrogen and oxygen atoms in total. The molecule has 0 radical (unpaired) electrons. The number of hydrogen-bond acceptors (Lipinski definition) is 1. The molecule has 1 aromatic rings. The van der Waals surface area contributed by atoms with Crippen molar-refractivity contribution in [1.82, 2.24) is 9.78 Å². The molecule has 0 aliphatic heterocycles. The van der Waals surface area contributed by atoms with Crippen molar-refractivity contribution in [1.29, 1.82) is 0 Å². The highest BCUT2D eigenvalue weighted by atomic mass is 15.3. The van der Waals surface area contributed by atoms with Gasteiger partial charge in [0, 0.05) is 18.7 Å². The number of aromatic nitrogens is 2. The quantitative estimate of drug-likeness (QED) is 0.654. The van der Waals surface area contributed by atoms with E-state index in [1.807, 2.05) is 18.7 Å². The lowest BCUT2D eigenvalue weighted by molar-refractivity contribution is 0.720. The first kappa shape index (κ1) is 10.8. The maximum atomic E-state index is 4.39. The predicted octanol–water partition coefficient (Wildman–Crippen LogP) is 2.24. The Hall–Kier alpha value is -1.23. The molecule has 0 N–H and O–H groups in total. The van der Waals surface area contributed by atoms with Gasteiger partial charge in [0.25, 0.3) is 0 Å². The van der Waals surface area contributed by atoms with Gasteiger partial charge in [0.1, 0.15) is 0 Å². The minimum atomic E-state index is 0.418. The van der Waals surface area contributed by atoms with Crippen LogP contribution < -0.4 is 0 Å². The van der Waals surface area contributed by atoms with Gasteiger partial charge >= 0.3 is 0 Å². The van der Waals surface area contributed by atoms with Crippen molar-refractivity contribution in [3.63, 3.8) is 0 Å². The molecule has 0 fully saturated rings. The van der Waals surface area contributed by atoms with E-state index in [2.05, 4.69) is 37.7 Å². The van der Waals surface area contributed by atoms with Crippen molar-refractivity contribution in [2.24, 2.45) is 13.0 Å². The van der Waals surface area contributed by atoms with E-state index in [9.17, 15) is 0 Å². The molecule has 1 unspecified atom stereocenters. The molecule has 0 amide bonds. The summed E-state index contributed by atoms with van der Waals surface area (Å²) in [7, 11) is 1.99. The predicted molar refractivity (Wildman–Crippen MR) is 59.0 cm³/mol. The van der Waals surface area contributed by atoms with Gasteiger partial charge < -0.3 is 0 Å². The number of hydrogen-bond donors (Lipinski definition) is 0. The van der Waals surface area contributed by atoms with Crippen molar-refractivity contribution in [3.8, 4) is 11.8 Å². The molecule has 0 aliphatic carbocycles. The molecule has 1 heterocycles. The Bertz CT molecular complexity index is 377. The lowest BCUT2D eigenvalue weighted by Crippen LogP contribution is -2.00. The molecular formula is C12H18N2. The average Bonchev–Trinajstić information content (AvgIpc) is 2.33. The smallest absolute Gasteiger partial charge is 0.0628 e. The molecule has 2 heteroatoms. The average molecular weight is 190 g/mol. The standard InChI is InChI=1S/C12H18N2/c1-6-7-9(2)8-12-10(3)13-14(5)11(12)4/h9H,8H2,1-5H3. The fourth-order valence-electron chi connectivity index (χ4n) is 1.72. The molecule has 1 atom stereocenters. The monoisotopic (exact) mass is 190 g/mol. The number of rotatable bonds is 2. The second-order valence-electron chi connectivity index (χ2n) is 3.77. The number of aryl methyl sites for hydroxylation is 2. The van der Waals surface area contributed by atoms with E-state index in [4.69, 9.17) is 0 Å². The van der Waals surface area contributed by atoms with Gasteiger partial charge in [-0.25, -0.2) is 0 Å².